The minimum absolute atomic E-state index is 0.235. The summed E-state index contributed by atoms with van der Waals surface area (Å²) in [4.78, 5) is 22.6. The van der Waals surface area contributed by atoms with Crippen molar-refractivity contribution in [2.75, 3.05) is 36.8 Å². The predicted molar refractivity (Wildman–Crippen MR) is 118 cm³/mol. The van der Waals surface area contributed by atoms with Crippen molar-refractivity contribution in [3.05, 3.63) is 42.2 Å². The Labute approximate surface area is 187 Å². The fourth-order valence-corrected chi connectivity index (χ4v) is 5.44. The third-order valence-corrected chi connectivity index (χ3v) is 7.47. The molecule has 1 aromatic heterocycles. The zero-order chi connectivity index (χ0) is 23.3. The first-order chi connectivity index (χ1) is 15.2. The van der Waals surface area contributed by atoms with E-state index in [4.69, 9.17) is 10.5 Å². The second kappa shape index (κ2) is 10.0. The number of rotatable bonds is 7. The normalized spacial score (nSPS) is 15.9. The summed E-state index contributed by atoms with van der Waals surface area (Å²) < 4.78 is 27.0. The van der Waals surface area contributed by atoms with Crippen LogP contribution in [0.1, 0.15) is 19.4 Å². The van der Waals surface area contributed by atoms with E-state index in [1.807, 2.05) is 17.0 Å². The van der Waals surface area contributed by atoms with Crippen LogP contribution in [0.5, 0.6) is 0 Å². The van der Waals surface area contributed by atoms with Gasteiger partial charge in [-0.05, 0) is 23.6 Å². The number of hydroxylamine groups is 1. The molecule has 1 aliphatic rings. The summed E-state index contributed by atoms with van der Waals surface area (Å²) in [5, 5.41) is 17.8. The van der Waals surface area contributed by atoms with Gasteiger partial charge >= 0.3 is 0 Å². The van der Waals surface area contributed by atoms with E-state index in [1.54, 1.807) is 43.9 Å². The summed E-state index contributed by atoms with van der Waals surface area (Å²) in [7, 11) is -3.67. The van der Waals surface area contributed by atoms with Gasteiger partial charge in [-0.2, -0.15) is 9.57 Å². The van der Waals surface area contributed by atoms with Crippen molar-refractivity contribution in [1.82, 2.24) is 19.8 Å². The van der Waals surface area contributed by atoms with Gasteiger partial charge < -0.3 is 4.90 Å². The SMILES string of the molecule is CC(C)C(CS(=O)(=O)N1CCN(c2ncc(-c3ccc(C#N)cc3)cn2)CC1)C(=O)NO. The first-order valence-electron chi connectivity index (χ1n) is 10.2. The third-order valence-electron chi connectivity index (χ3n) is 5.54. The van der Waals surface area contributed by atoms with Crippen LogP contribution in [0.4, 0.5) is 5.95 Å². The van der Waals surface area contributed by atoms with Crippen LogP contribution < -0.4 is 10.4 Å². The van der Waals surface area contributed by atoms with Crippen molar-refractivity contribution in [2.24, 2.45) is 11.8 Å². The molecule has 0 spiro atoms. The van der Waals surface area contributed by atoms with Crippen LogP contribution in [0.3, 0.4) is 0 Å². The molecule has 2 N–H and O–H groups in total. The largest absolute Gasteiger partial charge is 0.338 e. The van der Waals surface area contributed by atoms with E-state index in [0.29, 0.717) is 24.6 Å². The van der Waals surface area contributed by atoms with Gasteiger partial charge in [0.2, 0.25) is 21.9 Å². The molecule has 1 fully saturated rings. The van der Waals surface area contributed by atoms with Gasteiger partial charge in [0.15, 0.2) is 0 Å². The lowest BCUT2D eigenvalue weighted by atomic mass is 9.97. The number of hydrogen-bond acceptors (Lipinski definition) is 8. The maximum atomic E-state index is 12.8. The van der Waals surface area contributed by atoms with E-state index in [1.165, 1.54) is 4.31 Å². The molecule has 2 heterocycles. The molecular weight excluding hydrogens is 432 g/mol. The van der Waals surface area contributed by atoms with Crippen molar-refractivity contribution in [2.45, 2.75) is 13.8 Å². The van der Waals surface area contributed by atoms with Gasteiger partial charge in [-0.3, -0.25) is 10.0 Å². The lowest BCUT2D eigenvalue weighted by Gasteiger charge is -2.34. The number of nitrogens with zero attached hydrogens (tertiary/aromatic N) is 5. The van der Waals surface area contributed by atoms with Gasteiger partial charge in [0.1, 0.15) is 0 Å². The molecule has 11 heteroatoms. The molecule has 0 bridgehead atoms. The highest BCUT2D eigenvalue weighted by atomic mass is 32.2. The number of carbonyl (C=O) groups excluding carboxylic acids is 1. The Morgan fingerprint density at radius 2 is 1.72 bits per heavy atom. The Balaban J connectivity index is 1.62. The molecule has 0 radical (unpaired) electrons. The number of nitriles is 1. The Hall–Kier alpha value is -3.07. The number of amides is 1. The lowest BCUT2D eigenvalue weighted by Crippen LogP contribution is -2.51. The van der Waals surface area contributed by atoms with Crippen molar-refractivity contribution >= 4 is 21.9 Å². The summed E-state index contributed by atoms with van der Waals surface area (Å²) in [6.07, 6.45) is 3.40. The van der Waals surface area contributed by atoms with Crippen LogP contribution in [0.15, 0.2) is 36.7 Å². The fraction of sp³-hybridized carbons (Fsp3) is 0.429. The minimum Gasteiger partial charge on any atom is -0.338 e. The highest BCUT2D eigenvalue weighted by Gasteiger charge is 2.34. The molecule has 1 amide bonds. The molecule has 1 atom stereocenters. The molecule has 170 valence electrons. The molecule has 1 aromatic carbocycles. The van der Waals surface area contributed by atoms with Crippen LogP contribution in [0, 0.1) is 23.2 Å². The van der Waals surface area contributed by atoms with Crippen molar-refractivity contribution < 1.29 is 18.4 Å². The number of aromatic nitrogens is 2. The van der Waals surface area contributed by atoms with Gasteiger partial charge in [0.25, 0.3) is 0 Å². The molecule has 32 heavy (non-hydrogen) atoms. The summed E-state index contributed by atoms with van der Waals surface area (Å²) in [6.45, 7) is 4.85. The van der Waals surface area contributed by atoms with E-state index >= 15 is 0 Å². The number of benzene rings is 1. The van der Waals surface area contributed by atoms with E-state index in [2.05, 4.69) is 16.0 Å². The maximum absolute atomic E-state index is 12.8. The fourth-order valence-electron chi connectivity index (χ4n) is 3.52. The van der Waals surface area contributed by atoms with Crippen LogP contribution in [0.25, 0.3) is 11.1 Å². The smallest absolute Gasteiger partial charge is 0.247 e. The predicted octanol–water partition coefficient (Wildman–Crippen LogP) is 1.24. The number of nitrogens with one attached hydrogen (secondary N) is 1. The molecule has 0 aliphatic carbocycles. The number of hydrogen-bond donors (Lipinski definition) is 2. The zero-order valence-corrected chi connectivity index (χ0v) is 18.8. The number of piperazine rings is 1. The van der Waals surface area contributed by atoms with E-state index < -0.39 is 21.8 Å². The van der Waals surface area contributed by atoms with Gasteiger partial charge in [0.05, 0.1) is 23.3 Å². The molecule has 1 unspecified atom stereocenters. The van der Waals surface area contributed by atoms with Crippen molar-refractivity contribution in [1.29, 1.82) is 5.26 Å². The average Bonchev–Trinajstić information content (AvgIpc) is 2.82. The molecule has 0 saturated carbocycles. The number of anilines is 1. The Bertz CT molecular complexity index is 1070. The van der Waals surface area contributed by atoms with Gasteiger partial charge in [0, 0.05) is 44.1 Å². The van der Waals surface area contributed by atoms with Crippen LogP contribution in [-0.4, -0.2) is 65.7 Å². The molecule has 1 aliphatic heterocycles. The Morgan fingerprint density at radius 1 is 1.12 bits per heavy atom. The summed E-state index contributed by atoms with van der Waals surface area (Å²) in [6, 6.07) is 9.22. The van der Waals surface area contributed by atoms with Crippen LogP contribution in [0.2, 0.25) is 0 Å². The highest BCUT2D eigenvalue weighted by Crippen LogP contribution is 2.22. The monoisotopic (exact) mass is 458 g/mol. The molecule has 10 nitrogen and oxygen atoms in total. The molecule has 2 aromatic rings. The molecule has 3 rings (SSSR count). The number of sulfonamides is 1. The lowest BCUT2D eigenvalue weighted by molar-refractivity contribution is -0.134. The first kappa shape index (κ1) is 23.6. The van der Waals surface area contributed by atoms with E-state index in [0.717, 1.165) is 11.1 Å². The second-order valence-electron chi connectivity index (χ2n) is 7.95. The van der Waals surface area contributed by atoms with Crippen molar-refractivity contribution in [3.8, 4) is 17.2 Å². The average molecular weight is 459 g/mol. The topological polar surface area (TPSA) is 140 Å². The summed E-state index contributed by atoms with van der Waals surface area (Å²) in [5.74, 6) is -1.60. The Morgan fingerprint density at radius 3 is 2.22 bits per heavy atom. The van der Waals surface area contributed by atoms with Gasteiger partial charge in [-0.15, -0.1) is 0 Å². The standard InChI is InChI=1S/C21H26N6O4S/c1-15(2)19(20(28)25-29)14-32(30,31)27-9-7-26(8-10-27)21-23-12-18(13-24-21)17-5-3-16(11-22)4-6-17/h3-6,12-13,15,19,29H,7-10,14H2,1-2H3,(H,25,28). The summed E-state index contributed by atoms with van der Waals surface area (Å²) >= 11 is 0. The second-order valence-corrected chi connectivity index (χ2v) is 9.97. The molecular formula is C21H26N6O4S. The van der Waals surface area contributed by atoms with Gasteiger partial charge in [-0.25, -0.2) is 23.9 Å². The van der Waals surface area contributed by atoms with Crippen molar-refractivity contribution in [3.63, 3.8) is 0 Å². The van der Waals surface area contributed by atoms with E-state index in [9.17, 15) is 13.2 Å². The minimum atomic E-state index is -3.67. The van der Waals surface area contributed by atoms with E-state index in [-0.39, 0.29) is 24.8 Å². The first-order valence-corrected chi connectivity index (χ1v) is 11.9. The Kier molecular flexibility index (Phi) is 7.40. The maximum Gasteiger partial charge on any atom is 0.247 e. The quantitative estimate of drug-likeness (QED) is 0.467. The highest BCUT2D eigenvalue weighted by molar-refractivity contribution is 7.89. The van der Waals surface area contributed by atoms with Gasteiger partial charge in [-0.1, -0.05) is 26.0 Å². The summed E-state index contributed by atoms with van der Waals surface area (Å²) in [5.41, 5.74) is 3.86. The molecule has 1 saturated heterocycles. The third kappa shape index (κ3) is 5.40. The van der Waals surface area contributed by atoms with Crippen LogP contribution in [-0.2, 0) is 14.8 Å². The number of carbonyl (C=O) groups is 1. The van der Waals surface area contributed by atoms with Crippen LogP contribution >= 0.6 is 0 Å². The zero-order valence-electron chi connectivity index (χ0n) is 18.0.